The van der Waals surface area contributed by atoms with Crippen LogP contribution in [0.25, 0.3) is 0 Å². The fourth-order valence-corrected chi connectivity index (χ4v) is 2.97. The Hall–Kier alpha value is -0.870. The molecule has 2 N–H and O–H groups in total. The highest BCUT2D eigenvalue weighted by atomic mass is 79.9. The zero-order chi connectivity index (χ0) is 13.2. The van der Waals surface area contributed by atoms with E-state index in [-0.39, 0.29) is 11.3 Å². The molecule has 1 aromatic rings. The van der Waals surface area contributed by atoms with E-state index in [4.69, 9.17) is 0 Å². The zero-order valence-electron chi connectivity index (χ0n) is 10.8. The first kappa shape index (κ1) is 13.6. The molecule has 3 nitrogen and oxygen atoms in total. The smallest absolute Gasteiger partial charge is 0.231 e. The van der Waals surface area contributed by atoms with Gasteiger partial charge in [-0.3, -0.25) is 4.79 Å². The Morgan fingerprint density at radius 3 is 2.89 bits per heavy atom. The lowest BCUT2D eigenvalue weighted by molar-refractivity contribution is -0.124. The molecule has 1 unspecified atom stereocenters. The highest BCUT2D eigenvalue weighted by Crippen LogP contribution is 2.32. The van der Waals surface area contributed by atoms with Crippen molar-refractivity contribution in [2.75, 3.05) is 18.4 Å². The maximum atomic E-state index is 12.4. The molecule has 98 valence electrons. The molecule has 4 heteroatoms. The molecule has 1 fully saturated rings. The summed E-state index contributed by atoms with van der Waals surface area (Å²) in [6, 6.07) is 5.97. The van der Waals surface area contributed by atoms with E-state index in [0.717, 1.165) is 36.1 Å². The van der Waals surface area contributed by atoms with Gasteiger partial charge >= 0.3 is 0 Å². The lowest BCUT2D eigenvalue weighted by Gasteiger charge is -2.25. The van der Waals surface area contributed by atoms with Gasteiger partial charge in [-0.25, -0.2) is 0 Å². The van der Waals surface area contributed by atoms with Crippen LogP contribution < -0.4 is 10.6 Å². The maximum absolute atomic E-state index is 12.4. The van der Waals surface area contributed by atoms with E-state index >= 15 is 0 Å². The first-order valence-corrected chi connectivity index (χ1v) is 7.15. The molecule has 0 aromatic heterocycles. The van der Waals surface area contributed by atoms with Crippen molar-refractivity contribution >= 4 is 27.5 Å². The molecule has 1 aliphatic rings. The van der Waals surface area contributed by atoms with Gasteiger partial charge in [-0.05, 0) is 59.9 Å². The molecular weight excluding hydrogens is 292 g/mol. The Kier molecular flexibility index (Phi) is 4.07. The van der Waals surface area contributed by atoms with Crippen molar-refractivity contribution in [3.63, 3.8) is 0 Å². The van der Waals surface area contributed by atoms with Crippen molar-refractivity contribution in [3.05, 3.63) is 28.2 Å². The highest BCUT2D eigenvalue weighted by Gasteiger charge is 2.39. The van der Waals surface area contributed by atoms with E-state index in [1.165, 1.54) is 5.56 Å². The predicted molar refractivity (Wildman–Crippen MR) is 77.7 cm³/mol. The monoisotopic (exact) mass is 310 g/mol. The Bertz CT molecular complexity index is 453. The lowest BCUT2D eigenvalue weighted by atomic mass is 9.83. The fraction of sp³-hybridized carbons (Fsp3) is 0.500. The third kappa shape index (κ3) is 2.59. The minimum atomic E-state index is -0.246. The van der Waals surface area contributed by atoms with Gasteiger partial charge in [-0.1, -0.05) is 13.0 Å². The first-order valence-electron chi connectivity index (χ1n) is 6.36. The quantitative estimate of drug-likeness (QED) is 0.901. The Balaban J connectivity index is 2.15. The van der Waals surface area contributed by atoms with Gasteiger partial charge in [0.15, 0.2) is 0 Å². The summed E-state index contributed by atoms with van der Waals surface area (Å²) in [6.07, 6.45) is 1.79. The third-order valence-electron chi connectivity index (χ3n) is 3.77. The number of hydrogen-bond donors (Lipinski definition) is 2. The molecule has 1 aliphatic heterocycles. The van der Waals surface area contributed by atoms with Crippen molar-refractivity contribution < 1.29 is 4.79 Å². The molecule has 1 atom stereocenters. The summed E-state index contributed by atoms with van der Waals surface area (Å²) in [5.41, 5.74) is 1.78. The standard InChI is InChI=1S/C14H19BrN2O/c1-3-14(6-7-16-9-14)13(18)17-12-5-4-10(2)8-11(12)15/h4-5,8,16H,3,6-7,9H2,1-2H3,(H,17,18). The predicted octanol–water partition coefficient (Wildman–Crippen LogP) is 3.09. The number of halogens is 1. The van der Waals surface area contributed by atoms with Gasteiger partial charge in [0.1, 0.15) is 0 Å². The minimum absolute atomic E-state index is 0.125. The van der Waals surface area contributed by atoms with Crippen LogP contribution >= 0.6 is 15.9 Å². The van der Waals surface area contributed by atoms with Crippen LogP contribution in [-0.4, -0.2) is 19.0 Å². The lowest BCUT2D eigenvalue weighted by Crippen LogP contribution is -2.37. The molecule has 2 rings (SSSR count). The van der Waals surface area contributed by atoms with E-state index in [1.807, 2.05) is 25.1 Å². The maximum Gasteiger partial charge on any atom is 0.231 e. The number of carbonyl (C=O) groups excluding carboxylic acids is 1. The van der Waals surface area contributed by atoms with Crippen LogP contribution in [0, 0.1) is 12.3 Å². The van der Waals surface area contributed by atoms with Crippen molar-refractivity contribution in [1.82, 2.24) is 5.32 Å². The number of aryl methyl sites for hydroxylation is 1. The van der Waals surface area contributed by atoms with Crippen molar-refractivity contribution in [3.8, 4) is 0 Å². The Morgan fingerprint density at radius 1 is 1.56 bits per heavy atom. The number of nitrogens with one attached hydrogen (secondary N) is 2. The van der Waals surface area contributed by atoms with E-state index in [1.54, 1.807) is 0 Å². The van der Waals surface area contributed by atoms with E-state index in [2.05, 4.69) is 33.5 Å². The molecule has 1 aromatic carbocycles. The van der Waals surface area contributed by atoms with Crippen LogP contribution in [0.3, 0.4) is 0 Å². The summed E-state index contributed by atoms with van der Waals surface area (Å²) in [4.78, 5) is 12.4. The number of benzene rings is 1. The van der Waals surface area contributed by atoms with Crippen LogP contribution in [0.1, 0.15) is 25.3 Å². The molecule has 1 saturated heterocycles. The number of rotatable bonds is 3. The second-order valence-electron chi connectivity index (χ2n) is 5.00. The van der Waals surface area contributed by atoms with Gasteiger partial charge in [-0.15, -0.1) is 0 Å². The molecule has 0 bridgehead atoms. The molecule has 18 heavy (non-hydrogen) atoms. The van der Waals surface area contributed by atoms with Crippen LogP contribution in [0.5, 0.6) is 0 Å². The van der Waals surface area contributed by atoms with E-state index < -0.39 is 0 Å². The van der Waals surface area contributed by atoms with Crippen molar-refractivity contribution in [1.29, 1.82) is 0 Å². The van der Waals surface area contributed by atoms with Gasteiger partial charge < -0.3 is 10.6 Å². The van der Waals surface area contributed by atoms with Gasteiger partial charge in [-0.2, -0.15) is 0 Å². The topological polar surface area (TPSA) is 41.1 Å². The number of anilines is 1. The Labute approximate surface area is 116 Å². The van der Waals surface area contributed by atoms with Crippen molar-refractivity contribution in [2.45, 2.75) is 26.7 Å². The van der Waals surface area contributed by atoms with Gasteiger partial charge in [0, 0.05) is 11.0 Å². The average Bonchev–Trinajstić information content (AvgIpc) is 2.82. The van der Waals surface area contributed by atoms with Gasteiger partial charge in [0.2, 0.25) is 5.91 Å². The van der Waals surface area contributed by atoms with Crippen LogP contribution in [0.15, 0.2) is 22.7 Å². The highest BCUT2D eigenvalue weighted by molar-refractivity contribution is 9.10. The van der Waals surface area contributed by atoms with E-state index in [0.29, 0.717) is 0 Å². The van der Waals surface area contributed by atoms with Gasteiger partial charge in [0.05, 0.1) is 11.1 Å². The zero-order valence-corrected chi connectivity index (χ0v) is 12.4. The summed E-state index contributed by atoms with van der Waals surface area (Å²) in [5, 5.41) is 6.33. The molecule has 0 aliphatic carbocycles. The second-order valence-corrected chi connectivity index (χ2v) is 5.85. The average molecular weight is 311 g/mol. The molecule has 0 spiro atoms. The van der Waals surface area contributed by atoms with Gasteiger partial charge in [0.25, 0.3) is 0 Å². The molecular formula is C14H19BrN2O. The Morgan fingerprint density at radius 2 is 2.33 bits per heavy atom. The summed E-state index contributed by atoms with van der Waals surface area (Å²) in [6.45, 7) is 5.82. The third-order valence-corrected chi connectivity index (χ3v) is 4.43. The minimum Gasteiger partial charge on any atom is -0.325 e. The van der Waals surface area contributed by atoms with Crippen molar-refractivity contribution in [2.24, 2.45) is 5.41 Å². The molecule has 1 amide bonds. The van der Waals surface area contributed by atoms with Crippen LogP contribution in [-0.2, 0) is 4.79 Å². The normalized spacial score (nSPS) is 23.1. The molecule has 0 saturated carbocycles. The number of amides is 1. The summed E-state index contributed by atoms with van der Waals surface area (Å²) in [7, 11) is 0. The van der Waals surface area contributed by atoms with Crippen LogP contribution in [0.4, 0.5) is 5.69 Å². The largest absolute Gasteiger partial charge is 0.325 e. The van der Waals surface area contributed by atoms with Crippen LogP contribution in [0.2, 0.25) is 0 Å². The SMILES string of the molecule is CCC1(C(=O)Nc2ccc(C)cc2Br)CCNC1. The van der Waals surface area contributed by atoms with E-state index in [9.17, 15) is 4.79 Å². The second kappa shape index (κ2) is 5.41. The summed E-state index contributed by atoms with van der Waals surface area (Å²) >= 11 is 3.49. The molecule has 1 heterocycles. The number of hydrogen-bond acceptors (Lipinski definition) is 2. The fourth-order valence-electron chi connectivity index (χ4n) is 2.38. The summed E-state index contributed by atoms with van der Waals surface area (Å²) < 4.78 is 0.938. The molecule has 0 radical (unpaired) electrons. The first-order chi connectivity index (χ1) is 8.57. The number of carbonyl (C=O) groups is 1. The summed E-state index contributed by atoms with van der Waals surface area (Å²) in [5.74, 6) is 0.125.